The van der Waals surface area contributed by atoms with Crippen LogP contribution in [0, 0.1) is 0 Å². The lowest BCUT2D eigenvalue weighted by molar-refractivity contribution is 0.712. The van der Waals surface area contributed by atoms with E-state index in [0.29, 0.717) is 6.42 Å². The highest BCUT2D eigenvalue weighted by Gasteiger charge is 2.08. The molecule has 2 aromatic heterocycles. The van der Waals surface area contributed by atoms with Gasteiger partial charge in [-0.2, -0.15) is 0 Å². The molecule has 5 nitrogen and oxygen atoms in total. The molecule has 0 aliphatic carbocycles. The van der Waals surface area contributed by atoms with E-state index in [9.17, 15) is 0 Å². The number of rotatable bonds is 4. The number of aryl methyl sites for hydroxylation is 1. The third-order valence-corrected chi connectivity index (χ3v) is 3.43. The summed E-state index contributed by atoms with van der Waals surface area (Å²) in [6.07, 6.45) is 8.25. The molecule has 3 aromatic rings. The molecule has 0 saturated heterocycles. The number of nitrogens with zero attached hydrogens (tertiary/aromatic N) is 4. The number of imidazole rings is 2. The first-order valence-corrected chi connectivity index (χ1v) is 6.53. The largest absolute Gasteiger partial charge is 0.398 e. The third-order valence-electron chi connectivity index (χ3n) is 3.43. The quantitative estimate of drug-likeness (QED) is 0.734. The first-order chi connectivity index (χ1) is 9.74. The molecule has 0 saturated carbocycles. The zero-order valence-corrected chi connectivity index (χ0v) is 11.4. The normalized spacial score (nSPS) is 10.8. The fourth-order valence-electron chi connectivity index (χ4n) is 2.22. The summed E-state index contributed by atoms with van der Waals surface area (Å²) < 4.78 is 4.12. The number of aromatic nitrogens is 4. The molecule has 0 amide bonds. The standard InChI is InChI=1S/C15H17N5/c1-19-8-6-17-14(19)10-15-18-7-9-20(15)11-12-4-2-3-5-13(12)16/h2-9H,10-11,16H2,1H3. The van der Waals surface area contributed by atoms with Gasteiger partial charge in [-0.25, -0.2) is 9.97 Å². The number of nitrogens with two attached hydrogens (primary N) is 1. The average molecular weight is 267 g/mol. The number of hydrogen-bond acceptors (Lipinski definition) is 3. The number of anilines is 1. The van der Waals surface area contributed by atoms with Crippen LogP contribution in [0.15, 0.2) is 49.1 Å². The molecule has 20 heavy (non-hydrogen) atoms. The predicted molar refractivity (Wildman–Crippen MR) is 78.2 cm³/mol. The van der Waals surface area contributed by atoms with Crippen LogP contribution in [0.4, 0.5) is 5.69 Å². The van der Waals surface area contributed by atoms with Crippen LogP contribution in [-0.2, 0) is 20.0 Å². The highest BCUT2D eigenvalue weighted by atomic mass is 15.1. The van der Waals surface area contributed by atoms with Gasteiger partial charge in [-0.1, -0.05) is 18.2 Å². The van der Waals surface area contributed by atoms with Gasteiger partial charge < -0.3 is 14.9 Å². The summed E-state index contributed by atoms with van der Waals surface area (Å²) in [6, 6.07) is 7.91. The molecule has 0 atom stereocenters. The van der Waals surface area contributed by atoms with E-state index in [1.807, 2.05) is 54.5 Å². The Morgan fingerprint density at radius 3 is 2.55 bits per heavy atom. The second-order valence-electron chi connectivity index (χ2n) is 4.80. The van der Waals surface area contributed by atoms with Crippen LogP contribution in [-0.4, -0.2) is 19.1 Å². The molecule has 0 spiro atoms. The highest BCUT2D eigenvalue weighted by molar-refractivity contribution is 5.46. The Labute approximate surface area is 117 Å². The molecule has 0 bridgehead atoms. The number of hydrogen-bond donors (Lipinski definition) is 1. The average Bonchev–Trinajstić information content (AvgIpc) is 3.04. The smallest absolute Gasteiger partial charge is 0.116 e. The molecule has 1 aromatic carbocycles. The predicted octanol–water partition coefficient (Wildman–Crippen LogP) is 1.84. The Hall–Kier alpha value is -2.56. The molecule has 5 heteroatoms. The number of benzene rings is 1. The lowest BCUT2D eigenvalue weighted by Gasteiger charge is -2.10. The van der Waals surface area contributed by atoms with Crippen molar-refractivity contribution in [2.75, 3.05) is 5.73 Å². The van der Waals surface area contributed by atoms with E-state index in [-0.39, 0.29) is 0 Å². The van der Waals surface area contributed by atoms with Crippen LogP contribution in [0.25, 0.3) is 0 Å². The Bertz CT molecular complexity index is 710. The van der Waals surface area contributed by atoms with Crippen molar-refractivity contribution in [3.05, 3.63) is 66.3 Å². The minimum absolute atomic E-state index is 0.712. The van der Waals surface area contributed by atoms with Crippen LogP contribution in [0.3, 0.4) is 0 Å². The molecule has 0 radical (unpaired) electrons. The lowest BCUT2D eigenvalue weighted by Crippen LogP contribution is -2.09. The Morgan fingerprint density at radius 2 is 1.80 bits per heavy atom. The summed E-state index contributed by atoms with van der Waals surface area (Å²) in [5.41, 5.74) is 7.91. The first-order valence-electron chi connectivity index (χ1n) is 6.53. The van der Waals surface area contributed by atoms with Crippen LogP contribution in [0.5, 0.6) is 0 Å². The molecule has 2 N–H and O–H groups in total. The molecule has 0 fully saturated rings. The van der Waals surface area contributed by atoms with Crippen LogP contribution in [0.1, 0.15) is 17.2 Å². The van der Waals surface area contributed by atoms with E-state index >= 15 is 0 Å². The van der Waals surface area contributed by atoms with Crippen molar-refractivity contribution in [1.29, 1.82) is 0 Å². The van der Waals surface area contributed by atoms with Gasteiger partial charge in [-0.05, 0) is 11.6 Å². The van der Waals surface area contributed by atoms with Gasteiger partial charge in [0.1, 0.15) is 11.6 Å². The third kappa shape index (κ3) is 2.42. The first kappa shape index (κ1) is 12.5. The van der Waals surface area contributed by atoms with Crippen molar-refractivity contribution < 1.29 is 0 Å². The summed E-state index contributed by atoms with van der Waals surface area (Å²) in [7, 11) is 1.99. The lowest BCUT2D eigenvalue weighted by atomic mass is 10.2. The Morgan fingerprint density at radius 1 is 1.05 bits per heavy atom. The molecule has 102 valence electrons. The van der Waals surface area contributed by atoms with Gasteiger partial charge in [0.2, 0.25) is 0 Å². The van der Waals surface area contributed by atoms with E-state index in [4.69, 9.17) is 5.73 Å². The zero-order chi connectivity index (χ0) is 13.9. The molecular weight excluding hydrogens is 250 g/mol. The van der Waals surface area contributed by atoms with Crippen molar-refractivity contribution in [2.24, 2.45) is 7.05 Å². The van der Waals surface area contributed by atoms with Crippen LogP contribution < -0.4 is 5.73 Å². The summed E-state index contributed by atoms with van der Waals surface area (Å²) in [5, 5.41) is 0. The topological polar surface area (TPSA) is 61.7 Å². The summed E-state index contributed by atoms with van der Waals surface area (Å²) in [4.78, 5) is 8.77. The molecule has 2 heterocycles. The second kappa shape index (κ2) is 5.21. The van der Waals surface area contributed by atoms with E-state index in [1.165, 1.54) is 0 Å². The summed E-state index contributed by atoms with van der Waals surface area (Å²) in [5.74, 6) is 1.99. The SMILES string of the molecule is Cn1ccnc1Cc1nccn1Cc1ccccc1N. The zero-order valence-electron chi connectivity index (χ0n) is 11.4. The van der Waals surface area contributed by atoms with Gasteiger partial charge in [0, 0.05) is 37.5 Å². The summed E-state index contributed by atoms with van der Waals surface area (Å²) >= 11 is 0. The fourth-order valence-corrected chi connectivity index (χ4v) is 2.22. The molecule has 3 rings (SSSR count). The number of para-hydroxylation sites is 1. The van der Waals surface area contributed by atoms with Crippen molar-refractivity contribution in [3.63, 3.8) is 0 Å². The van der Waals surface area contributed by atoms with E-state index in [0.717, 1.165) is 29.4 Å². The highest BCUT2D eigenvalue weighted by Crippen LogP contribution is 2.14. The molecule has 0 aliphatic rings. The fraction of sp³-hybridized carbons (Fsp3) is 0.200. The Balaban J connectivity index is 1.84. The van der Waals surface area contributed by atoms with Crippen molar-refractivity contribution in [1.82, 2.24) is 19.1 Å². The maximum atomic E-state index is 6.00. The monoisotopic (exact) mass is 267 g/mol. The van der Waals surface area contributed by atoms with E-state index in [2.05, 4.69) is 14.5 Å². The minimum Gasteiger partial charge on any atom is -0.398 e. The maximum Gasteiger partial charge on any atom is 0.116 e. The van der Waals surface area contributed by atoms with Gasteiger partial charge in [0.15, 0.2) is 0 Å². The second-order valence-corrected chi connectivity index (χ2v) is 4.80. The van der Waals surface area contributed by atoms with E-state index in [1.54, 1.807) is 6.20 Å². The van der Waals surface area contributed by atoms with Gasteiger partial charge in [0.05, 0.1) is 13.0 Å². The minimum atomic E-state index is 0.712. The van der Waals surface area contributed by atoms with Crippen LogP contribution in [0.2, 0.25) is 0 Å². The molecular formula is C15H17N5. The van der Waals surface area contributed by atoms with Gasteiger partial charge in [0.25, 0.3) is 0 Å². The van der Waals surface area contributed by atoms with Crippen molar-refractivity contribution in [3.8, 4) is 0 Å². The molecule has 0 aliphatic heterocycles. The Kier molecular flexibility index (Phi) is 3.25. The van der Waals surface area contributed by atoms with Crippen molar-refractivity contribution >= 4 is 5.69 Å². The van der Waals surface area contributed by atoms with Gasteiger partial charge in [-0.15, -0.1) is 0 Å². The molecule has 0 unspecified atom stereocenters. The summed E-state index contributed by atoms with van der Waals surface area (Å²) in [6.45, 7) is 0.729. The van der Waals surface area contributed by atoms with Crippen molar-refractivity contribution in [2.45, 2.75) is 13.0 Å². The van der Waals surface area contributed by atoms with Gasteiger partial charge >= 0.3 is 0 Å². The number of nitrogen functional groups attached to an aromatic ring is 1. The van der Waals surface area contributed by atoms with Crippen LogP contribution >= 0.6 is 0 Å². The maximum absolute atomic E-state index is 6.00. The van der Waals surface area contributed by atoms with Gasteiger partial charge in [-0.3, -0.25) is 0 Å². The van der Waals surface area contributed by atoms with E-state index < -0.39 is 0 Å².